The summed E-state index contributed by atoms with van der Waals surface area (Å²) in [5, 5.41) is 10.2. The van der Waals surface area contributed by atoms with E-state index in [0.29, 0.717) is 0 Å². The molecule has 1 amide bonds. The number of nitrogens with zero attached hydrogens (tertiary/aromatic N) is 1. The molecule has 4 rings (SSSR count). The number of aliphatic hydroxyl groups is 1. The first-order valence-corrected chi connectivity index (χ1v) is 10.6. The van der Waals surface area contributed by atoms with E-state index in [1.807, 2.05) is 91.0 Å². The van der Waals surface area contributed by atoms with Crippen molar-refractivity contribution in [1.82, 2.24) is 4.90 Å². The van der Waals surface area contributed by atoms with Crippen LogP contribution < -0.4 is 0 Å². The van der Waals surface area contributed by atoms with E-state index in [0.717, 1.165) is 16.7 Å². The molecule has 1 fully saturated rings. The molecular formula is C26H25NO5. The number of ether oxygens (including phenoxy) is 2. The molecule has 0 spiro atoms. The molecule has 0 aliphatic carbocycles. The normalized spacial score (nSPS) is 17.9. The predicted octanol–water partition coefficient (Wildman–Crippen LogP) is 4.09. The zero-order valence-electron chi connectivity index (χ0n) is 17.5. The third kappa shape index (κ3) is 5.15. The van der Waals surface area contributed by atoms with Crippen LogP contribution in [0.4, 0.5) is 4.79 Å². The number of benzene rings is 3. The lowest BCUT2D eigenvalue weighted by Gasteiger charge is -2.25. The van der Waals surface area contributed by atoms with E-state index in [4.69, 9.17) is 9.47 Å². The second-order valence-corrected chi connectivity index (χ2v) is 7.74. The minimum absolute atomic E-state index is 0.0225. The monoisotopic (exact) mass is 431 g/mol. The summed E-state index contributed by atoms with van der Waals surface area (Å²) >= 11 is 0. The summed E-state index contributed by atoms with van der Waals surface area (Å²) < 4.78 is 11.3. The molecular weight excluding hydrogens is 406 g/mol. The van der Waals surface area contributed by atoms with E-state index < -0.39 is 30.3 Å². The molecule has 6 nitrogen and oxygen atoms in total. The van der Waals surface area contributed by atoms with Crippen LogP contribution in [-0.4, -0.2) is 40.8 Å². The molecule has 3 aromatic carbocycles. The highest BCUT2D eigenvalue weighted by Crippen LogP contribution is 2.29. The average Bonchev–Trinajstić information content (AvgIpc) is 3.24. The Morgan fingerprint density at radius 3 is 1.97 bits per heavy atom. The van der Waals surface area contributed by atoms with Crippen molar-refractivity contribution in [2.75, 3.05) is 6.54 Å². The minimum atomic E-state index is -0.914. The third-order valence-electron chi connectivity index (χ3n) is 5.43. The van der Waals surface area contributed by atoms with Crippen LogP contribution in [0.15, 0.2) is 91.0 Å². The fourth-order valence-corrected chi connectivity index (χ4v) is 3.82. The van der Waals surface area contributed by atoms with E-state index in [2.05, 4.69) is 0 Å². The van der Waals surface area contributed by atoms with Gasteiger partial charge in [-0.25, -0.2) is 9.59 Å². The molecule has 32 heavy (non-hydrogen) atoms. The minimum Gasteiger partial charge on any atom is -0.451 e. The topological polar surface area (TPSA) is 76.1 Å². The number of hydrogen-bond donors (Lipinski definition) is 1. The molecule has 1 heterocycles. The van der Waals surface area contributed by atoms with E-state index >= 15 is 0 Å². The summed E-state index contributed by atoms with van der Waals surface area (Å²) in [6.07, 6.45) is -1.98. The summed E-state index contributed by atoms with van der Waals surface area (Å²) in [5.41, 5.74) is 2.49. The smallest absolute Gasteiger partial charge is 0.410 e. The zero-order chi connectivity index (χ0) is 22.3. The predicted molar refractivity (Wildman–Crippen MR) is 119 cm³/mol. The molecule has 1 N–H and O–H groups in total. The maximum Gasteiger partial charge on any atom is 0.410 e. The molecule has 1 aliphatic heterocycles. The number of carbonyl (C=O) groups is 2. The summed E-state index contributed by atoms with van der Waals surface area (Å²) in [6, 6.07) is 27.2. The molecule has 6 heteroatoms. The molecule has 0 unspecified atom stereocenters. The maximum absolute atomic E-state index is 13.2. The lowest BCUT2D eigenvalue weighted by atomic mass is 10.0. The molecule has 0 radical (unpaired) electrons. The van der Waals surface area contributed by atoms with Gasteiger partial charge in [0.05, 0.1) is 12.6 Å². The Kier molecular flexibility index (Phi) is 6.82. The molecule has 1 saturated heterocycles. The number of rotatable bonds is 6. The van der Waals surface area contributed by atoms with Crippen LogP contribution in [0.2, 0.25) is 0 Å². The van der Waals surface area contributed by atoms with Crippen molar-refractivity contribution in [3.8, 4) is 0 Å². The standard InChI is InChI=1S/C26H25NO5/c28-22-16-23(27(17-22)26(30)31-18-19-10-4-1-5-11-19)25(29)32-24(20-12-6-2-7-13-20)21-14-8-3-9-15-21/h1-15,22-24,28H,16-18H2/t22-,23+/m1/s1. The van der Waals surface area contributed by atoms with Crippen molar-refractivity contribution in [3.05, 3.63) is 108 Å². The van der Waals surface area contributed by atoms with E-state index in [-0.39, 0.29) is 19.6 Å². The van der Waals surface area contributed by atoms with E-state index in [1.54, 1.807) is 0 Å². The highest BCUT2D eigenvalue weighted by molar-refractivity contribution is 5.82. The Morgan fingerprint density at radius 2 is 1.41 bits per heavy atom. The van der Waals surface area contributed by atoms with Gasteiger partial charge in [-0.2, -0.15) is 0 Å². The average molecular weight is 431 g/mol. The Hall–Kier alpha value is -3.64. The lowest BCUT2D eigenvalue weighted by molar-refractivity contribution is -0.152. The summed E-state index contributed by atoms with van der Waals surface area (Å²) in [7, 11) is 0. The Morgan fingerprint density at radius 1 is 0.875 bits per heavy atom. The summed E-state index contributed by atoms with van der Waals surface area (Å²) in [4.78, 5) is 27.1. The highest BCUT2D eigenvalue weighted by Gasteiger charge is 2.41. The van der Waals surface area contributed by atoms with E-state index in [9.17, 15) is 14.7 Å². The lowest BCUT2D eigenvalue weighted by Crippen LogP contribution is -2.42. The zero-order valence-corrected chi connectivity index (χ0v) is 17.5. The van der Waals surface area contributed by atoms with Gasteiger partial charge in [-0.3, -0.25) is 4.90 Å². The molecule has 164 valence electrons. The molecule has 3 aromatic rings. The maximum atomic E-state index is 13.2. The quantitative estimate of drug-likeness (QED) is 0.595. The number of amides is 1. The number of β-amino-alcohol motifs (C(OH)–C–C–N with tert-alkyl or cyclic N) is 1. The summed E-state index contributed by atoms with van der Waals surface area (Å²) in [5.74, 6) is -0.573. The second kappa shape index (κ2) is 10.1. The van der Waals surface area contributed by atoms with Gasteiger partial charge < -0.3 is 14.6 Å². The third-order valence-corrected chi connectivity index (χ3v) is 5.43. The number of likely N-dealkylation sites (tertiary alicyclic amines) is 1. The molecule has 0 aromatic heterocycles. The molecule has 0 bridgehead atoms. The van der Waals surface area contributed by atoms with Crippen LogP contribution in [0, 0.1) is 0 Å². The molecule has 0 saturated carbocycles. The Bertz CT molecular complexity index is 986. The van der Waals surface area contributed by atoms with Crippen molar-refractivity contribution in [1.29, 1.82) is 0 Å². The summed E-state index contributed by atoms with van der Waals surface area (Å²) in [6.45, 7) is 0.111. The van der Waals surface area contributed by atoms with Gasteiger partial charge in [-0.05, 0) is 16.7 Å². The Labute approximate surface area is 187 Å². The molecule has 2 atom stereocenters. The number of carbonyl (C=O) groups excluding carboxylic acids is 2. The van der Waals surface area contributed by atoms with Gasteiger partial charge in [0.2, 0.25) is 0 Å². The van der Waals surface area contributed by atoms with Gasteiger partial charge in [0.15, 0.2) is 6.10 Å². The van der Waals surface area contributed by atoms with Crippen LogP contribution in [0.3, 0.4) is 0 Å². The van der Waals surface area contributed by atoms with Gasteiger partial charge in [-0.1, -0.05) is 91.0 Å². The van der Waals surface area contributed by atoms with Crippen LogP contribution in [0.25, 0.3) is 0 Å². The largest absolute Gasteiger partial charge is 0.451 e. The van der Waals surface area contributed by atoms with Crippen molar-refractivity contribution in [3.63, 3.8) is 0 Å². The van der Waals surface area contributed by atoms with Crippen LogP contribution in [0.5, 0.6) is 0 Å². The molecule has 1 aliphatic rings. The van der Waals surface area contributed by atoms with Gasteiger partial charge in [0.25, 0.3) is 0 Å². The van der Waals surface area contributed by atoms with Gasteiger partial charge in [0, 0.05) is 6.42 Å². The van der Waals surface area contributed by atoms with Crippen molar-refractivity contribution < 1.29 is 24.2 Å². The van der Waals surface area contributed by atoms with Gasteiger partial charge in [-0.15, -0.1) is 0 Å². The number of hydrogen-bond acceptors (Lipinski definition) is 5. The first-order chi connectivity index (χ1) is 15.6. The van der Waals surface area contributed by atoms with Crippen molar-refractivity contribution in [2.45, 2.75) is 31.3 Å². The van der Waals surface area contributed by atoms with Crippen molar-refractivity contribution in [2.24, 2.45) is 0 Å². The number of esters is 1. The first kappa shape index (κ1) is 21.6. The highest BCUT2D eigenvalue weighted by atomic mass is 16.6. The second-order valence-electron chi connectivity index (χ2n) is 7.74. The van der Waals surface area contributed by atoms with E-state index in [1.165, 1.54) is 4.90 Å². The first-order valence-electron chi connectivity index (χ1n) is 10.6. The van der Waals surface area contributed by atoms with Crippen LogP contribution in [0.1, 0.15) is 29.2 Å². The van der Waals surface area contributed by atoms with Gasteiger partial charge >= 0.3 is 12.1 Å². The fourth-order valence-electron chi connectivity index (χ4n) is 3.82. The Balaban J connectivity index is 1.49. The SMILES string of the molecule is O=C(OC(c1ccccc1)c1ccccc1)[C@@H]1C[C@@H](O)CN1C(=O)OCc1ccccc1. The van der Waals surface area contributed by atoms with Gasteiger partial charge in [0.1, 0.15) is 12.6 Å². The van der Waals surface area contributed by atoms with Crippen LogP contribution in [-0.2, 0) is 20.9 Å². The van der Waals surface area contributed by atoms with Crippen molar-refractivity contribution >= 4 is 12.1 Å². The van der Waals surface area contributed by atoms with Crippen LogP contribution >= 0.6 is 0 Å². The fraction of sp³-hybridized carbons (Fsp3) is 0.231. The number of aliphatic hydroxyl groups excluding tert-OH is 1.